The summed E-state index contributed by atoms with van der Waals surface area (Å²) in [5.41, 5.74) is 3.11. The van der Waals surface area contributed by atoms with E-state index in [4.69, 9.17) is 0 Å². The van der Waals surface area contributed by atoms with Gasteiger partial charge in [-0.3, -0.25) is 0 Å². The fourth-order valence-corrected chi connectivity index (χ4v) is 3.56. The van der Waals surface area contributed by atoms with Gasteiger partial charge in [0.15, 0.2) is 0 Å². The number of allylic oxidation sites excluding steroid dienone is 5. The van der Waals surface area contributed by atoms with Gasteiger partial charge in [0, 0.05) is 11.8 Å². The summed E-state index contributed by atoms with van der Waals surface area (Å²) < 4.78 is 0. The normalized spacial score (nSPS) is 40.0. The van der Waals surface area contributed by atoms with E-state index in [0.29, 0.717) is 5.92 Å². The Morgan fingerprint density at radius 3 is 2.70 bits per heavy atom. The van der Waals surface area contributed by atoms with E-state index in [1.54, 1.807) is 0 Å². The molecule has 0 spiro atoms. The van der Waals surface area contributed by atoms with Crippen LogP contribution in [0.3, 0.4) is 0 Å². The van der Waals surface area contributed by atoms with Crippen LogP contribution in [0.1, 0.15) is 19.8 Å². The molecular weight excluding hydrogens is 252 g/mol. The minimum Gasteiger partial charge on any atom is -0.396 e. The first kappa shape index (κ1) is 13.8. The van der Waals surface area contributed by atoms with Crippen LogP contribution in [-0.4, -0.2) is 34.1 Å². The maximum absolute atomic E-state index is 10.00. The highest BCUT2D eigenvalue weighted by Gasteiger charge is 2.34. The zero-order chi connectivity index (χ0) is 14.3. The van der Waals surface area contributed by atoms with Gasteiger partial charge in [0.2, 0.25) is 0 Å². The number of hydrogen-bond donors (Lipinski definition) is 3. The molecule has 1 fully saturated rings. The van der Waals surface area contributed by atoms with E-state index in [1.165, 1.54) is 0 Å². The molecule has 3 aliphatic rings. The molecule has 0 radical (unpaired) electrons. The Hall–Kier alpha value is -1.16. The molecule has 0 bridgehead atoms. The van der Waals surface area contributed by atoms with E-state index in [9.17, 15) is 15.3 Å². The van der Waals surface area contributed by atoms with Gasteiger partial charge in [-0.2, -0.15) is 0 Å². The van der Waals surface area contributed by atoms with E-state index < -0.39 is 6.10 Å². The third-order valence-electron chi connectivity index (χ3n) is 4.82. The van der Waals surface area contributed by atoms with Crippen LogP contribution < -0.4 is 0 Å². The van der Waals surface area contributed by atoms with Crippen molar-refractivity contribution in [2.75, 3.05) is 6.61 Å². The molecule has 3 aliphatic carbocycles. The van der Waals surface area contributed by atoms with Crippen molar-refractivity contribution in [2.24, 2.45) is 17.8 Å². The molecule has 108 valence electrons. The summed E-state index contributed by atoms with van der Waals surface area (Å²) in [5, 5.41) is 29.3. The second-order valence-corrected chi connectivity index (χ2v) is 6.17. The molecule has 3 N–H and O–H groups in total. The van der Waals surface area contributed by atoms with Crippen molar-refractivity contribution in [3.8, 4) is 0 Å². The molecule has 0 saturated heterocycles. The van der Waals surface area contributed by atoms with Crippen molar-refractivity contribution in [1.29, 1.82) is 0 Å². The summed E-state index contributed by atoms with van der Waals surface area (Å²) in [4.78, 5) is 0. The van der Waals surface area contributed by atoms with Crippen LogP contribution in [0.25, 0.3) is 0 Å². The highest BCUT2D eigenvalue weighted by Crippen LogP contribution is 2.40. The first-order valence-corrected chi connectivity index (χ1v) is 7.37. The monoisotopic (exact) mass is 274 g/mol. The predicted octanol–water partition coefficient (Wildman–Crippen LogP) is 1.73. The van der Waals surface area contributed by atoms with Crippen LogP contribution in [0.4, 0.5) is 0 Å². The first-order chi connectivity index (χ1) is 9.60. The highest BCUT2D eigenvalue weighted by atomic mass is 16.3. The second kappa shape index (κ2) is 5.32. The molecule has 1 saturated carbocycles. The Morgan fingerprint density at radius 2 is 1.95 bits per heavy atom. The van der Waals surface area contributed by atoms with Gasteiger partial charge in [0.05, 0.1) is 18.8 Å². The van der Waals surface area contributed by atoms with Crippen molar-refractivity contribution >= 4 is 0 Å². The Bertz CT molecular complexity index is 512. The molecule has 3 rings (SSSR count). The minimum atomic E-state index is -0.585. The van der Waals surface area contributed by atoms with Crippen LogP contribution in [0.2, 0.25) is 0 Å². The summed E-state index contributed by atoms with van der Waals surface area (Å²) in [6.07, 6.45) is 11.5. The van der Waals surface area contributed by atoms with Gasteiger partial charge >= 0.3 is 0 Å². The Kier molecular flexibility index (Phi) is 3.67. The van der Waals surface area contributed by atoms with Gasteiger partial charge < -0.3 is 15.3 Å². The Labute approximate surface area is 119 Å². The van der Waals surface area contributed by atoms with E-state index in [1.807, 2.05) is 19.1 Å². The van der Waals surface area contributed by atoms with Crippen molar-refractivity contribution < 1.29 is 15.3 Å². The fourth-order valence-electron chi connectivity index (χ4n) is 3.56. The van der Waals surface area contributed by atoms with E-state index >= 15 is 0 Å². The molecule has 0 aromatic rings. The minimum absolute atomic E-state index is 0.0440. The third kappa shape index (κ3) is 2.30. The summed E-state index contributed by atoms with van der Waals surface area (Å²) in [5.74, 6) is 0.447. The van der Waals surface area contributed by atoms with Gasteiger partial charge in [-0.25, -0.2) is 0 Å². The Balaban J connectivity index is 1.87. The molecule has 0 amide bonds. The average molecular weight is 274 g/mol. The van der Waals surface area contributed by atoms with Gasteiger partial charge in [-0.15, -0.1) is 0 Å². The number of rotatable bonds is 2. The lowest BCUT2D eigenvalue weighted by molar-refractivity contribution is 0.116. The van der Waals surface area contributed by atoms with E-state index in [2.05, 4.69) is 18.2 Å². The Morgan fingerprint density at radius 1 is 1.15 bits per heavy atom. The maximum Gasteiger partial charge on any atom is 0.0835 e. The molecule has 0 heterocycles. The average Bonchev–Trinajstić information content (AvgIpc) is 2.83. The zero-order valence-corrected chi connectivity index (χ0v) is 11.7. The molecule has 3 nitrogen and oxygen atoms in total. The van der Waals surface area contributed by atoms with Gasteiger partial charge in [-0.05, 0) is 42.4 Å². The molecule has 0 aromatic heterocycles. The van der Waals surface area contributed by atoms with Crippen LogP contribution >= 0.6 is 0 Å². The standard InChI is InChI=1S/C17H22O3/c1-10-6-13(8-14(9-18)17(10)20)11-2-4-15-12(7-11)3-5-16(15)19/h2,4,6-8,12,14-20H,3,5,9H2,1H3. The molecule has 0 aliphatic heterocycles. The molecule has 20 heavy (non-hydrogen) atoms. The molecule has 0 aromatic carbocycles. The maximum atomic E-state index is 10.00. The molecular formula is C17H22O3. The van der Waals surface area contributed by atoms with Crippen LogP contribution in [0.15, 0.2) is 47.1 Å². The number of hydrogen-bond acceptors (Lipinski definition) is 3. The van der Waals surface area contributed by atoms with Gasteiger partial charge in [0.25, 0.3) is 0 Å². The third-order valence-corrected chi connectivity index (χ3v) is 4.82. The molecule has 3 heteroatoms. The quantitative estimate of drug-likeness (QED) is 0.718. The number of aliphatic hydroxyl groups excluding tert-OH is 3. The molecule has 5 atom stereocenters. The van der Waals surface area contributed by atoms with Crippen molar-refractivity contribution in [2.45, 2.75) is 32.0 Å². The van der Waals surface area contributed by atoms with Crippen LogP contribution in [0.5, 0.6) is 0 Å². The van der Waals surface area contributed by atoms with Gasteiger partial charge in [-0.1, -0.05) is 30.4 Å². The predicted molar refractivity (Wildman–Crippen MR) is 77.9 cm³/mol. The summed E-state index contributed by atoms with van der Waals surface area (Å²) >= 11 is 0. The lowest BCUT2D eigenvalue weighted by Crippen LogP contribution is -2.26. The summed E-state index contributed by atoms with van der Waals surface area (Å²) in [6.45, 7) is 1.85. The summed E-state index contributed by atoms with van der Waals surface area (Å²) in [6, 6.07) is 0. The second-order valence-electron chi connectivity index (χ2n) is 6.17. The van der Waals surface area contributed by atoms with Crippen molar-refractivity contribution in [3.63, 3.8) is 0 Å². The summed E-state index contributed by atoms with van der Waals surface area (Å²) in [7, 11) is 0. The van der Waals surface area contributed by atoms with E-state index in [-0.39, 0.29) is 24.5 Å². The van der Waals surface area contributed by atoms with E-state index in [0.717, 1.165) is 29.6 Å². The van der Waals surface area contributed by atoms with Crippen LogP contribution in [-0.2, 0) is 0 Å². The number of fused-ring (bicyclic) bond motifs is 1. The van der Waals surface area contributed by atoms with Crippen LogP contribution in [0, 0.1) is 17.8 Å². The zero-order valence-electron chi connectivity index (χ0n) is 11.7. The van der Waals surface area contributed by atoms with Gasteiger partial charge in [0.1, 0.15) is 0 Å². The van der Waals surface area contributed by atoms with Crippen molar-refractivity contribution in [1.82, 2.24) is 0 Å². The molecule has 5 unspecified atom stereocenters. The largest absolute Gasteiger partial charge is 0.396 e. The topological polar surface area (TPSA) is 60.7 Å². The fraction of sp³-hybridized carbons (Fsp3) is 0.529. The van der Waals surface area contributed by atoms with Crippen molar-refractivity contribution in [3.05, 3.63) is 47.1 Å². The highest BCUT2D eigenvalue weighted by molar-refractivity contribution is 5.52. The first-order valence-electron chi connectivity index (χ1n) is 7.37. The smallest absolute Gasteiger partial charge is 0.0835 e. The SMILES string of the molecule is CC1=CC(C2=CC3CCC(O)C3C=C2)=CC(CO)C1O. The lowest BCUT2D eigenvalue weighted by atomic mass is 9.81. The lowest BCUT2D eigenvalue weighted by Gasteiger charge is -2.27. The number of aliphatic hydroxyl groups is 3.